The first-order valence-electron chi connectivity index (χ1n) is 9.98. The molecule has 4 heteroatoms. The molecule has 0 aromatic heterocycles. The molecule has 0 spiro atoms. The summed E-state index contributed by atoms with van der Waals surface area (Å²) in [5.74, 6) is 1.89. The summed E-state index contributed by atoms with van der Waals surface area (Å²) in [5.41, 5.74) is 2.58. The Morgan fingerprint density at radius 3 is 2.69 bits per heavy atom. The van der Waals surface area contributed by atoms with Gasteiger partial charge in [-0.05, 0) is 80.8 Å². The third-order valence-corrected chi connectivity index (χ3v) is 9.25. The van der Waals surface area contributed by atoms with Crippen LogP contribution in [0.4, 0.5) is 4.39 Å². The summed E-state index contributed by atoms with van der Waals surface area (Å²) in [7, 11) is 0. The number of ketones is 1. The molecule has 0 bridgehead atoms. The predicted octanol–water partition coefficient (Wildman–Crippen LogP) is 5.49. The average Bonchev–Trinajstić information content (AvgIpc) is 2.94. The molecule has 0 amide bonds. The number of carbonyl (C=O) groups excluding carboxylic acids is 2. The number of allylic oxidation sites excluding steroid dienone is 4. The van der Waals surface area contributed by atoms with Crippen LogP contribution in [0.5, 0.6) is 0 Å². The average molecular weight is 377 g/mol. The highest BCUT2D eigenvalue weighted by atomic mass is 32.2. The quantitative estimate of drug-likeness (QED) is 0.639. The number of carbonyl (C=O) groups is 2. The van der Waals surface area contributed by atoms with E-state index in [-0.39, 0.29) is 27.6 Å². The highest BCUT2D eigenvalue weighted by molar-refractivity contribution is 8.13. The zero-order valence-corrected chi connectivity index (χ0v) is 16.8. The van der Waals surface area contributed by atoms with Gasteiger partial charge < -0.3 is 0 Å². The van der Waals surface area contributed by atoms with Gasteiger partial charge in [-0.1, -0.05) is 36.8 Å². The molecule has 0 aliphatic heterocycles. The first-order valence-corrected chi connectivity index (χ1v) is 11.0. The SMILES string of the molecule is CC1=CC(=O)C=C2CC[C@@H]3[C@H](CC[C@]4(C)[C@@H](C(=O)SCF)CC[C@@H]34)[C@@]12C. The van der Waals surface area contributed by atoms with Crippen LogP contribution in [0.2, 0.25) is 0 Å². The third kappa shape index (κ3) is 2.43. The zero-order valence-electron chi connectivity index (χ0n) is 16.0. The van der Waals surface area contributed by atoms with Gasteiger partial charge >= 0.3 is 0 Å². The van der Waals surface area contributed by atoms with Gasteiger partial charge in [-0.25, -0.2) is 4.39 Å². The van der Waals surface area contributed by atoms with E-state index in [9.17, 15) is 14.0 Å². The van der Waals surface area contributed by atoms with Gasteiger partial charge in [-0.2, -0.15) is 0 Å². The molecule has 0 unspecified atom stereocenters. The van der Waals surface area contributed by atoms with Crippen molar-refractivity contribution in [2.24, 2.45) is 34.5 Å². The number of hydrogen-bond donors (Lipinski definition) is 0. The standard InChI is InChI=1S/C22H29FO2S/c1-13-10-15(24)11-14-4-5-16-17-6-7-19(20(25)26-12-23)21(17,2)9-8-18(16)22(13,14)3/h10-11,16-19H,4-9,12H2,1-3H3/t16-,17-,18-,19+,21-,22-/m0/s1. The van der Waals surface area contributed by atoms with E-state index in [2.05, 4.69) is 20.8 Å². The highest BCUT2D eigenvalue weighted by Crippen LogP contribution is 2.67. The van der Waals surface area contributed by atoms with Crippen molar-refractivity contribution < 1.29 is 14.0 Å². The van der Waals surface area contributed by atoms with Crippen LogP contribution in [0.1, 0.15) is 59.3 Å². The number of hydrogen-bond acceptors (Lipinski definition) is 3. The molecule has 4 rings (SSSR count). The van der Waals surface area contributed by atoms with E-state index in [4.69, 9.17) is 0 Å². The van der Waals surface area contributed by atoms with Gasteiger partial charge in [-0.3, -0.25) is 9.59 Å². The van der Waals surface area contributed by atoms with Crippen LogP contribution in [0.3, 0.4) is 0 Å². The molecule has 4 aliphatic rings. The van der Waals surface area contributed by atoms with Gasteiger partial charge in [0.2, 0.25) is 0 Å². The Morgan fingerprint density at radius 1 is 1.19 bits per heavy atom. The summed E-state index contributed by atoms with van der Waals surface area (Å²) in [5, 5.41) is 0.0675. The Labute approximate surface area is 160 Å². The molecule has 3 saturated carbocycles. The number of fused-ring (bicyclic) bond motifs is 5. The normalized spacial score (nSPS) is 44.5. The van der Waals surface area contributed by atoms with Crippen molar-refractivity contribution in [2.45, 2.75) is 59.3 Å². The van der Waals surface area contributed by atoms with Crippen molar-refractivity contribution in [3.63, 3.8) is 0 Å². The molecule has 2 nitrogen and oxygen atoms in total. The topological polar surface area (TPSA) is 34.1 Å². The Balaban J connectivity index is 1.65. The van der Waals surface area contributed by atoms with Gasteiger partial charge in [0, 0.05) is 11.3 Å². The highest BCUT2D eigenvalue weighted by Gasteiger charge is 2.60. The third-order valence-electron chi connectivity index (χ3n) is 8.57. The lowest BCUT2D eigenvalue weighted by Gasteiger charge is -2.58. The Morgan fingerprint density at radius 2 is 1.96 bits per heavy atom. The zero-order chi connectivity index (χ0) is 18.7. The monoisotopic (exact) mass is 376 g/mol. The van der Waals surface area contributed by atoms with Crippen molar-refractivity contribution in [2.75, 3.05) is 6.01 Å². The van der Waals surface area contributed by atoms with Gasteiger partial charge in [0.1, 0.15) is 6.01 Å². The molecule has 6 atom stereocenters. The fraction of sp³-hybridized carbons (Fsp3) is 0.727. The number of halogens is 1. The molecule has 26 heavy (non-hydrogen) atoms. The summed E-state index contributed by atoms with van der Waals surface area (Å²) >= 11 is 0.869. The lowest BCUT2D eigenvalue weighted by Crippen LogP contribution is -2.51. The minimum atomic E-state index is -0.605. The number of thioether (sulfide) groups is 1. The van der Waals surface area contributed by atoms with Crippen LogP contribution in [-0.4, -0.2) is 16.9 Å². The molecule has 3 fully saturated rings. The largest absolute Gasteiger partial charge is 0.290 e. The molecule has 0 aromatic rings. The van der Waals surface area contributed by atoms with E-state index < -0.39 is 6.01 Å². The van der Waals surface area contributed by atoms with Gasteiger partial charge in [-0.15, -0.1) is 0 Å². The van der Waals surface area contributed by atoms with Gasteiger partial charge in [0.05, 0.1) is 0 Å². The number of rotatable bonds is 2. The van der Waals surface area contributed by atoms with Crippen molar-refractivity contribution in [1.82, 2.24) is 0 Å². The predicted molar refractivity (Wildman–Crippen MR) is 103 cm³/mol. The van der Waals surface area contributed by atoms with E-state index in [1.807, 2.05) is 12.2 Å². The van der Waals surface area contributed by atoms with Crippen molar-refractivity contribution in [3.8, 4) is 0 Å². The molecule has 0 radical (unpaired) electrons. The molecule has 0 heterocycles. The van der Waals surface area contributed by atoms with E-state index >= 15 is 0 Å². The maximum absolute atomic E-state index is 12.7. The fourth-order valence-corrected chi connectivity index (χ4v) is 7.81. The summed E-state index contributed by atoms with van der Waals surface area (Å²) in [6.45, 7) is 6.76. The second-order valence-electron chi connectivity index (χ2n) is 9.26. The van der Waals surface area contributed by atoms with Crippen LogP contribution in [0.15, 0.2) is 23.3 Å². The summed E-state index contributed by atoms with van der Waals surface area (Å²) < 4.78 is 12.7. The summed E-state index contributed by atoms with van der Waals surface area (Å²) in [6, 6.07) is -0.605. The van der Waals surface area contributed by atoms with E-state index in [1.165, 1.54) is 11.1 Å². The smallest absolute Gasteiger partial charge is 0.195 e. The molecule has 4 aliphatic carbocycles. The minimum Gasteiger partial charge on any atom is -0.290 e. The lowest BCUT2D eigenvalue weighted by molar-refractivity contribution is -0.121. The maximum atomic E-state index is 12.7. The van der Waals surface area contributed by atoms with Crippen molar-refractivity contribution >= 4 is 22.7 Å². The van der Waals surface area contributed by atoms with Crippen molar-refractivity contribution in [1.29, 1.82) is 0 Å². The molecule has 0 N–H and O–H groups in total. The lowest BCUT2D eigenvalue weighted by atomic mass is 9.46. The van der Waals surface area contributed by atoms with Crippen LogP contribution in [0, 0.1) is 34.5 Å². The molecule has 0 saturated heterocycles. The Hall–Kier alpha value is -0.900. The van der Waals surface area contributed by atoms with Crippen LogP contribution in [-0.2, 0) is 9.59 Å². The first-order chi connectivity index (χ1) is 12.3. The van der Waals surface area contributed by atoms with Crippen LogP contribution in [0.25, 0.3) is 0 Å². The Bertz CT molecular complexity index is 711. The number of alkyl halides is 1. The van der Waals surface area contributed by atoms with Gasteiger partial charge in [0.15, 0.2) is 10.9 Å². The Kier molecular flexibility index (Phi) is 4.49. The molecule has 0 aromatic carbocycles. The molecule has 142 valence electrons. The minimum absolute atomic E-state index is 0.00788. The van der Waals surface area contributed by atoms with Crippen LogP contribution < -0.4 is 0 Å². The first kappa shape index (κ1) is 18.5. The second kappa shape index (κ2) is 6.32. The molecular formula is C22H29FO2S. The second-order valence-corrected chi connectivity index (χ2v) is 10.2. The summed E-state index contributed by atoms with van der Waals surface area (Å²) in [6.07, 6.45) is 10.0. The fourth-order valence-electron chi connectivity index (χ4n) is 7.11. The van der Waals surface area contributed by atoms with Crippen molar-refractivity contribution in [3.05, 3.63) is 23.3 Å². The van der Waals surface area contributed by atoms with Crippen LogP contribution >= 0.6 is 11.8 Å². The van der Waals surface area contributed by atoms with Gasteiger partial charge in [0.25, 0.3) is 0 Å². The van der Waals surface area contributed by atoms with E-state index in [0.29, 0.717) is 17.8 Å². The summed E-state index contributed by atoms with van der Waals surface area (Å²) in [4.78, 5) is 24.5. The molecular weight excluding hydrogens is 347 g/mol. The maximum Gasteiger partial charge on any atom is 0.195 e. The van der Waals surface area contributed by atoms with E-state index in [0.717, 1.165) is 50.3 Å². The van der Waals surface area contributed by atoms with E-state index in [1.54, 1.807) is 0 Å².